The third-order valence-corrected chi connectivity index (χ3v) is 4.45. The smallest absolute Gasteiger partial charge is 0.285 e. The van der Waals surface area contributed by atoms with Crippen LogP contribution in [0.5, 0.6) is 0 Å². The molecule has 0 spiro atoms. The molecular formula is C21H22N4O3. The van der Waals surface area contributed by atoms with Gasteiger partial charge in [0.15, 0.2) is 0 Å². The number of pyridine rings is 2. The highest BCUT2D eigenvalue weighted by molar-refractivity contribution is 6.07. The molecule has 3 rings (SSSR count). The van der Waals surface area contributed by atoms with Crippen molar-refractivity contribution in [3.63, 3.8) is 0 Å². The third-order valence-electron chi connectivity index (χ3n) is 4.45. The average Bonchev–Trinajstić information content (AvgIpc) is 2.62. The molecule has 144 valence electrons. The van der Waals surface area contributed by atoms with E-state index in [0.717, 1.165) is 11.1 Å². The van der Waals surface area contributed by atoms with Crippen molar-refractivity contribution in [3.05, 3.63) is 91.3 Å². The maximum absolute atomic E-state index is 13.4. The van der Waals surface area contributed by atoms with E-state index < -0.39 is 17.0 Å². The van der Waals surface area contributed by atoms with E-state index in [9.17, 15) is 14.4 Å². The Labute approximate surface area is 162 Å². The van der Waals surface area contributed by atoms with Gasteiger partial charge in [0.1, 0.15) is 11.4 Å². The SMILES string of the molecule is Cc1cc(C)nc(C(=O)c2c(C(C)C)c(=O)[nH]c(=O)n2Cc2ccncc2)c1. The predicted octanol–water partition coefficient (Wildman–Crippen LogP) is 2.35. The van der Waals surface area contributed by atoms with Crippen LogP contribution in [0.25, 0.3) is 0 Å². The van der Waals surface area contributed by atoms with Gasteiger partial charge >= 0.3 is 5.69 Å². The Morgan fingerprint density at radius 1 is 1.14 bits per heavy atom. The van der Waals surface area contributed by atoms with Gasteiger partial charge in [-0.1, -0.05) is 13.8 Å². The lowest BCUT2D eigenvalue weighted by atomic mass is 9.98. The van der Waals surface area contributed by atoms with Crippen molar-refractivity contribution >= 4 is 5.78 Å². The lowest BCUT2D eigenvalue weighted by Gasteiger charge is -2.17. The summed E-state index contributed by atoms with van der Waals surface area (Å²) in [6.45, 7) is 7.45. The van der Waals surface area contributed by atoms with E-state index in [1.807, 2.05) is 26.8 Å². The number of aryl methyl sites for hydroxylation is 2. The van der Waals surface area contributed by atoms with E-state index in [1.165, 1.54) is 4.57 Å². The van der Waals surface area contributed by atoms with Crippen LogP contribution >= 0.6 is 0 Å². The molecule has 28 heavy (non-hydrogen) atoms. The van der Waals surface area contributed by atoms with Crippen molar-refractivity contribution in [2.24, 2.45) is 0 Å². The first-order chi connectivity index (χ1) is 13.3. The fraction of sp³-hybridized carbons (Fsp3) is 0.286. The molecular weight excluding hydrogens is 356 g/mol. The number of ketones is 1. The van der Waals surface area contributed by atoms with Crippen LogP contribution in [0.2, 0.25) is 0 Å². The minimum atomic E-state index is -0.626. The van der Waals surface area contributed by atoms with Gasteiger partial charge in [0, 0.05) is 23.7 Å². The fourth-order valence-electron chi connectivity index (χ4n) is 3.27. The first-order valence-electron chi connectivity index (χ1n) is 9.04. The van der Waals surface area contributed by atoms with E-state index in [-0.39, 0.29) is 29.4 Å². The molecule has 0 radical (unpaired) electrons. The molecule has 0 aliphatic heterocycles. The third kappa shape index (κ3) is 3.83. The second-order valence-corrected chi connectivity index (χ2v) is 7.12. The van der Waals surface area contributed by atoms with Gasteiger partial charge in [-0.15, -0.1) is 0 Å². The van der Waals surface area contributed by atoms with Crippen molar-refractivity contribution in [3.8, 4) is 0 Å². The number of hydrogen-bond donors (Lipinski definition) is 1. The Bertz CT molecular complexity index is 1120. The molecule has 7 nitrogen and oxygen atoms in total. The number of aromatic amines is 1. The molecule has 0 saturated heterocycles. The number of hydrogen-bond acceptors (Lipinski definition) is 5. The van der Waals surface area contributed by atoms with Crippen LogP contribution in [0.15, 0.2) is 46.2 Å². The zero-order chi connectivity index (χ0) is 20.4. The largest absolute Gasteiger partial charge is 0.329 e. The number of aromatic nitrogens is 4. The van der Waals surface area contributed by atoms with Crippen LogP contribution in [0.1, 0.15) is 58.3 Å². The second kappa shape index (κ2) is 7.72. The topological polar surface area (TPSA) is 97.7 Å². The van der Waals surface area contributed by atoms with Crippen molar-refractivity contribution in [1.82, 2.24) is 19.5 Å². The summed E-state index contributed by atoms with van der Waals surface area (Å²) in [6, 6.07) is 7.05. The van der Waals surface area contributed by atoms with Crippen LogP contribution in [0, 0.1) is 13.8 Å². The van der Waals surface area contributed by atoms with Crippen LogP contribution < -0.4 is 11.2 Å². The summed E-state index contributed by atoms with van der Waals surface area (Å²) in [5.41, 5.74) is 1.78. The van der Waals surface area contributed by atoms with Gasteiger partial charge in [-0.3, -0.25) is 24.1 Å². The number of carbonyl (C=O) groups is 1. The van der Waals surface area contributed by atoms with Crippen molar-refractivity contribution < 1.29 is 4.79 Å². The highest BCUT2D eigenvalue weighted by Gasteiger charge is 2.25. The molecule has 7 heteroatoms. The quantitative estimate of drug-likeness (QED) is 0.687. The average molecular weight is 378 g/mol. The molecule has 0 aliphatic rings. The minimum absolute atomic E-state index is 0.0815. The van der Waals surface area contributed by atoms with Gasteiger partial charge in [-0.05, 0) is 55.2 Å². The molecule has 1 N–H and O–H groups in total. The number of nitrogens with one attached hydrogen (secondary N) is 1. The Morgan fingerprint density at radius 3 is 2.43 bits per heavy atom. The summed E-state index contributed by atoms with van der Waals surface area (Å²) in [5.74, 6) is -0.689. The molecule has 0 aromatic carbocycles. The molecule has 0 bridgehead atoms. The van der Waals surface area contributed by atoms with Crippen LogP contribution in [0.3, 0.4) is 0 Å². The van der Waals surface area contributed by atoms with E-state index in [1.54, 1.807) is 37.5 Å². The van der Waals surface area contributed by atoms with Gasteiger partial charge in [-0.2, -0.15) is 0 Å². The molecule has 0 amide bonds. The first-order valence-corrected chi connectivity index (χ1v) is 9.04. The van der Waals surface area contributed by atoms with Crippen LogP contribution in [0.4, 0.5) is 0 Å². The molecule has 0 atom stereocenters. The summed E-state index contributed by atoms with van der Waals surface area (Å²) in [5, 5.41) is 0. The van der Waals surface area contributed by atoms with Crippen LogP contribution in [-0.2, 0) is 6.54 Å². The number of nitrogens with zero attached hydrogens (tertiary/aromatic N) is 3. The number of carbonyl (C=O) groups excluding carboxylic acids is 1. The Hall–Kier alpha value is -3.35. The Kier molecular flexibility index (Phi) is 5.35. The van der Waals surface area contributed by atoms with Crippen molar-refractivity contribution in [2.45, 2.75) is 40.2 Å². The molecule has 0 fully saturated rings. The lowest BCUT2D eigenvalue weighted by molar-refractivity contribution is 0.102. The number of rotatable bonds is 5. The molecule has 0 unspecified atom stereocenters. The summed E-state index contributed by atoms with van der Waals surface area (Å²) in [6.07, 6.45) is 3.23. The van der Waals surface area contributed by atoms with Crippen molar-refractivity contribution in [1.29, 1.82) is 0 Å². The van der Waals surface area contributed by atoms with Gasteiger partial charge in [0.2, 0.25) is 5.78 Å². The molecule has 0 saturated carbocycles. The summed E-state index contributed by atoms with van der Waals surface area (Å²) < 4.78 is 1.31. The fourth-order valence-corrected chi connectivity index (χ4v) is 3.27. The first kappa shape index (κ1) is 19.4. The second-order valence-electron chi connectivity index (χ2n) is 7.12. The zero-order valence-electron chi connectivity index (χ0n) is 16.3. The monoisotopic (exact) mass is 378 g/mol. The standard InChI is InChI=1S/C21H22N4O3/c1-12(2)17-18(19(26)16-10-13(3)9-14(4)23-16)25(21(28)24-20(17)27)11-15-5-7-22-8-6-15/h5-10,12H,11H2,1-4H3,(H,24,27,28). The predicted molar refractivity (Wildman–Crippen MR) is 106 cm³/mol. The van der Waals surface area contributed by atoms with Crippen molar-refractivity contribution in [2.75, 3.05) is 0 Å². The van der Waals surface area contributed by atoms with Crippen LogP contribution in [-0.4, -0.2) is 25.3 Å². The van der Waals surface area contributed by atoms with Gasteiger partial charge in [0.05, 0.1) is 6.54 Å². The molecule has 3 aromatic heterocycles. The molecule has 3 heterocycles. The van der Waals surface area contributed by atoms with Gasteiger partial charge < -0.3 is 0 Å². The normalized spacial score (nSPS) is 11.0. The van der Waals surface area contributed by atoms with E-state index >= 15 is 0 Å². The van der Waals surface area contributed by atoms with E-state index in [2.05, 4.69) is 15.0 Å². The molecule has 3 aromatic rings. The summed E-state index contributed by atoms with van der Waals surface area (Å²) in [4.78, 5) is 49.2. The Morgan fingerprint density at radius 2 is 1.82 bits per heavy atom. The maximum Gasteiger partial charge on any atom is 0.329 e. The summed E-state index contributed by atoms with van der Waals surface area (Å²) >= 11 is 0. The lowest BCUT2D eigenvalue weighted by Crippen LogP contribution is -2.38. The van der Waals surface area contributed by atoms with Gasteiger partial charge in [0.25, 0.3) is 5.56 Å². The molecule has 0 aliphatic carbocycles. The van der Waals surface area contributed by atoms with E-state index in [0.29, 0.717) is 5.69 Å². The highest BCUT2D eigenvalue weighted by atomic mass is 16.2. The van der Waals surface area contributed by atoms with E-state index in [4.69, 9.17) is 0 Å². The zero-order valence-corrected chi connectivity index (χ0v) is 16.3. The Balaban J connectivity index is 2.28. The number of H-pyrrole nitrogens is 1. The maximum atomic E-state index is 13.4. The minimum Gasteiger partial charge on any atom is -0.285 e. The summed E-state index contributed by atoms with van der Waals surface area (Å²) in [7, 11) is 0. The highest BCUT2D eigenvalue weighted by Crippen LogP contribution is 2.19. The van der Waals surface area contributed by atoms with Gasteiger partial charge in [-0.25, -0.2) is 9.78 Å².